The van der Waals surface area contributed by atoms with E-state index in [-0.39, 0.29) is 5.54 Å². The van der Waals surface area contributed by atoms with E-state index >= 15 is 0 Å². The molecule has 0 spiro atoms. The first kappa shape index (κ1) is 11.9. The molecule has 3 aliphatic rings. The van der Waals surface area contributed by atoms with Crippen LogP contribution in [0.2, 0.25) is 0 Å². The molecule has 2 N–H and O–H groups in total. The Labute approximate surface area is 104 Å². The van der Waals surface area contributed by atoms with Gasteiger partial charge in [-0.05, 0) is 32.2 Å². The van der Waals surface area contributed by atoms with Crippen molar-refractivity contribution in [2.45, 2.75) is 37.3 Å². The highest BCUT2D eigenvalue weighted by molar-refractivity contribution is 4.98. The molecule has 3 rings (SSSR count). The highest BCUT2D eigenvalue weighted by Crippen LogP contribution is 2.31. The van der Waals surface area contributed by atoms with Crippen molar-refractivity contribution in [3.8, 4) is 0 Å². The van der Waals surface area contributed by atoms with E-state index in [9.17, 15) is 0 Å². The predicted molar refractivity (Wildman–Crippen MR) is 68.0 cm³/mol. The monoisotopic (exact) mass is 239 g/mol. The molecule has 17 heavy (non-hydrogen) atoms. The first-order valence-corrected chi connectivity index (χ1v) is 7.11. The Morgan fingerprint density at radius 2 is 2.00 bits per heavy atom. The summed E-state index contributed by atoms with van der Waals surface area (Å²) in [6.45, 7) is 7.57. The smallest absolute Gasteiger partial charge is 0.0484 e. The molecule has 0 radical (unpaired) electrons. The number of hydrogen-bond donors (Lipinski definition) is 1. The van der Waals surface area contributed by atoms with Crippen LogP contribution >= 0.6 is 0 Å². The van der Waals surface area contributed by atoms with Crippen LogP contribution in [-0.2, 0) is 4.74 Å². The quantitative estimate of drug-likeness (QED) is 0.751. The lowest BCUT2D eigenvalue weighted by molar-refractivity contribution is -0.0505. The van der Waals surface area contributed by atoms with Crippen LogP contribution in [0.4, 0.5) is 0 Å². The van der Waals surface area contributed by atoms with Crippen molar-refractivity contribution in [1.82, 2.24) is 9.80 Å². The molecule has 3 saturated heterocycles. The van der Waals surface area contributed by atoms with E-state index in [1.165, 1.54) is 39.0 Å². The fraction of sp³-hybridized carbons (Fsp3) is 1.00. The van der Waals surface area contributed by atoms with Crippen molar-refractivity contribution in [1.29, 1.82) is 0 Å². The van der Waals surface area contributed by atoms with Gasteiger partial charge >= 0.3 is 0 Å². The van der Waals surface area contributed by atoms with Gasteiger partial charge in [0.1, 0.15) is 0 Å². The number of nitrogens with zero attached hydrogens (tertiary/aromatic N) is 2. The van der Waals surface area contributed by atoms with Crippen molar-refractivity contribution in [2.24, 2.45) is 5.73 Å². The maximum atomic E-state index is 6.10. The van der Waals surface area contributed by atoms with Crippen molar-refractivity contribution < 1.29 is 4.74 Å². The van der Waals surface area contributed by atoms with Gasteiger partial charge in [-0.2, -0.15) is 0 Å². The van der Waals surface area contributed by atoms with Crippen molar-refractivity contribution in [3.05, 3.63) is 0 Å². The maximum absolute atomic E-state index is 6.10. The molecule has 1 atom stereocenters. The van der Waals surface area contributed by atoms with E-state index in [1.54, 1.807) is 0 Å². The number of hydrogen-bond acceptors (Lipinski definition) is 4. The summed E-state index contributed by atoms with van der Waals surface area (Å²) in [5.74, 6) is 0. The van der Waals surface area contributed by atoms with E-state index in [1.807, 2.05) is 0 Å². The van der Waals surface area contributed by atoms with Crippen LogP contribution in [0.25, 0.3) is 0 Å². The molecule has 3 heterocycles. The van der Waals surface area contributed by atoms with Crippen LogP contribution in [0.5, 0.6) is 0 Å². The van der Waals surface area contributed by atoms with Crippen LogP contribution in [0, 0.1) is 0 Å². The molecule has 98 valence electrons. The largest absolute Gasteiger partial charge is 0.381 e. The average molecular weight is 239 g/mol. The molecule has 0 saturated carbocycles. The van der Waals surface area contributed by atoms with Gasteiger partial charge in [-0.15, -0.1) is 0 Å². The average Bonchev–Trinajstić information content (AvgIpc) is 2.86. The number of nitrogens with two attached hydrogens (primary N) is 1. The summed E-state index contributed by atoms with van der Waals surface area (Å²) < 4.78 is 5.51. The lowest BCUT2D eigenvalue weighted by Crippen LogP contribution is -2.63. The molecule has 3 fully saturated rings. The Morgan fingerprint density at radius 1 is 1.18 bits per heavy atom. The third kappa shape index (κ3) is 2.12. The minimum absolute atomic E-state index is 0.243. The molecule has 3 aliphatic heterocycles. The second-order valence-corrected chi connectivity index (χ2v) is 5.82. The molecule has 4 heteroatoms. The van der Waals surface area contributed by atoms with Crippen LogP contribution in [0.1, 0.15) is 25.7 Å². The van der Waals surface area contributed by atoms with E-state index in [0.717, 1.165) is 38.6 Å². The molecular weight excluding hydrogens is 214 g/mol. The molecule has 0 amide bonds. The number of rotatable bonds is 2. The van der Waals surface area contributed by atoms with Gasteiger partial charge in [-0.3, -0.25) is 9.80 Å². The zero-order chi connectivity index (χ0) is 11.7. The summed E-state index contributed by atoms with van der Waals surface area (Å²) in [6.07, 6.45) is 5.01. The van der Waals surface area contributed by atoms with Gasteiger partial charge in [0.05, 0.1) is 0 Å². The fourth-order valence-electron chi connectivity index (χ4n) is 3.82. The number of piperazine rings is 1. The third-order valence-corrected chi connectivity index (χ3v) is 5.06. The molecule has 0 aromatic heterocycles. The van der Waals surface area contributed by atoms with Crippen LogP contribution < -0.4 is 5.73 Å². The predicted octanol–water partition coefficient (Wildman–Crippen LogP) is 0.274. The van der Waals surface area contributed by atoms with Crippen molar-refractivity contribution >= 4 is 0 Å². The summed E-state index contributed by atoms with van der Waals surface area (Å²) in [7, 11) is 0. The maximum Gasteiger partial charge on any atom is 0.0484 e. The number of fused-ring (bicyclic) bond motifs is 1. The highest BCUT2D eigenvalue weighted by atomic mass is 16.5. The lowest BCUT2D eigenvalue weighted by atomic mass is 9.86. The number of ether oxygens (including phenoxy) is 1. The zero-order valence-electron chi connectivity index (χ0n) is 10.7. The lowest BCUT2D eigenvalue weighted by Gasteiger charge is -2.50. The Balaban J connectivity index is 1.69. The second-order valence-electron chi connectivity index (χ2n) is 5.82. The molecule has 0 aromatic rings. The van der Waals surface area contributed by atoms with E-state index in [0.29, 0.717) is 0 Å². The Hall–Kier alpha value is -0.160. The van der Waals surface area contributed by atoms with Gasteiger partial charge in [-0.25, -0.2) is 0 Å². The Morgan fingerprint density at radius 3 is 2.76 bits per heavy atom. The second kappa shape index (κ2) is 4.84. The van der Waals surface area contributed by atoms with Crippen LogP contribution in [0.3, 0.4) is 0 Å². The van der Waals surface area contributed by atoms with E-state index in [4.69, 9.17) is 10.5 Å². The molecule has 0 aliphatic carbocycles. The van der Waals surface area contributed by atoms with Crippen LogP contribution in [-0.4, -0.2) is 67.3 Å². The van der Waals surface area contributed by atoms with Crippen LogP contribution in [0.15, 0.2) is 0 Å². The Kier molecular flexibility index (Phi) is 3.39. The standard InChI is InChI=1S/C13H25N3O/c14-11-13(3-8-17-9-4-13)16-7-6-15-5-1-2-12(15)10-16/h12H,1-11,14H2. The summed E-state index contributed by atoms with van der Waals surface area (Å²) in [6, 6.07) is 0.801. The topological polar surface area (TPSA) is 41.7 Å². The normalized spacial score (nSPS) is 34.8. The minimum Gasteiger partial charge on any atom is -0.381 e. The van der Waals surface area contributed by atoms with Gasteiger partial charge in [-0.1, -0.05) is 0 Å². The summed E-state index contributed by atoms with van der Waals surface area (Å²) in [5.41, 5.74) is 6.34. The molecule has 4 nitrogen and oxygen atoms in total. The van der Waals surface area contributed by atoms with Crippen molar-refractivity contribution in [2.75, 3.05) is 45.9 Å². The summed E-state index contributed by atoms with van der Waals surface area (Å²) >= 11 is 0. The summed E-state index contributed by atoms with van der Waals surface area (Å²) in [4.78, 5) is 5.35. The molecule has 0 aromatic carbocycles. The molecule has 0 bridgehead atoms. The van der Waals surface area contributed by atoms with E-state index < -0.39 is 0 Å². The molecule has 1 unspecified atom stereocenters. The van der Waals surface area contributed by atoms with E-state index in [2.05, 4.69) is 9.80 Å². The SMILES string of the molecule is NCC1(N2CCN3CCCC3C2)CCOCC1. The fourth-order valence-corrected chi connectivity index (χ4v) is 3.82. The first-order chi connectivity index (χ1) is 8.34. The Bertz CT molecular complexity index is 265. The third-order valence-electron chi connectivity index (χ3n) is 5.06. The zero-order valence-corrected chi connectivity index (χ0v) is 10.7. The van der Waals surface area contributed by atoms with Gasteiger partial charge in [0.15, 0.2) is 0 Å². The molecular formula is C13H25N3O. The highest BCUT2D eigenvalue weighted by Gasteiger charge is 2.41. The van der Waals surface area contributed by atoms with Gasteiger partial charge < -0.3 is 10.5 Å². The van der Waals surface area contributed by atoms with Gasteiger partial charge in [0.2, 0.25) is 0 Å². The van der Waals surface area contributed by atoms with Gasteiger partial charge in [0.25, 0.3) is 0 Å². The summed E-state index contributed by atoms with van der Waals surface area (Å²) in [5, 5.41) is 0. The minimum atomic E-state index is 0.243. The first-order valence-electron chi connectivity index (χ1n) is 7.11. The van der Waals surface area contributed by atoms with Crippen molar-refractivity contribution in [3.63, 3.8) is 0 Å². The van der Waals surface area contributed by atoms with Gasteiger partial charge in [0, 0.05) is 51.0 Å².